The number of oxazole rings is 1. The number of amides is 1. The van der Waals surface area contributed by atoms with Gasteiger partial charge >= 0.3 is 11.9 Å². The minimum Gasteiger partial charge on any atom is -0.478 e. The van der Waals surface area contributed by atoms with Gasteiger partial charge in [-0.1, -0.05) is 24.3 Å². The number of para-hydroxylation sites is 3. The number of carboxylic acids is 2. The molecule has 0 atom stereocenters. The zero-order valence-corrected chi connectivity index (χ0v) is 23.8. The zero-order chi connectivity index (χ0) is 30.8. The van der Waals surface area contributed by atoms with E-state index in [1.807, 2.05) is 37.3 Å². The van der Waals surface area contributed by atoms with Crippen LogP contribution in [0.15, 0.2) is 71.3 Å². The molecule has 0 unspecified atom stereocenters. The van der Waals surface area contributed by atoms with E-state index >= 15 is 0 Å². The van der Waals surface area contributed by atoms with Crippen molar-refractivity contribution in [2.24, 2.45) is 0 Å². The van der Waals surface area contributed by atoms with E-state index < -0.39 is 11.9 Å². The Bertz CT molecular complexity index is 1570. The van der Waals surface area contributed by atoms with Crippen molar-refractivity contribution >= 4 is 40.5 Å². The first-order valence-corrected chi connectivity index (χ1v) is 13.8. The zero-order valence-electron chi connectivity index (χ0n) is 23.8. The largest absolute Gasteiger partial charge is 0.478 e. The molecule has 0 spiro atoms. The Morgan fingerprint density at radius 1 is 1.05 bits per heavy atom. The highest BCUT2D eigenvalue weighted by Gasteiger charge is 2.22. The standard InChI is InChI=1S/C26H31N7O2.C4H4O4/c1-18-29-16-20(35-18)17-33-24-9-5-4-8-23(24)31-26(33)30-19-10-13-32(14-11-19)15-12-28-25(34)21-6-2-3-7-22(21)27;5-3(6)1-2-4(7)8/h2-9,16,19H,10-15,17,27H2,1H3,(H,28,34)(H,30,31);1-2H,(H,5,6)(H,7,8)/b;2-1+. The number of carbonyl (C=O) groups is 3. The fourth-order valence-corrected chi connectivity index (χ4v) is 4.73. The highest BCUT2D eigenvalue weighted by molar-refractivity contribution is 5.99. The maximum Gasteiger partial charge on any atom is 0.328 e. The number of carbonyl (C=O) groups excluding carboxylic acids is 1. The Balaban J connectivity index is 0.000000467. The highest BCUT2D eigenvalue weighted by atomic mass is 16.4. The number of aromatic nitrogens is 3. The SMILES string of the molecule is Cc1ncc(Cn2c(NC3CCN(CCNC(=O)c4ccccc4N)CC3)nc3ccccc32)o1.O=C(O)/C=C/C(=O)O. The third kappa shape index (κ3) is 8.91. The Morgan fingerprint density at radius 2 is 1.72 bits per heavy atom. The molecule has 0 radical (unpaired) electrons. The van der Waals surface area contributed by atoms with Crippen molar-refractivity contribution in [3.05, 3.63) is 84.1 Å². The second kappa shape index (κ2) is 14.6. The summed E-state index contributed by atoms with van der Waals surface area (Å²) >= 11 is 0. The quantitative estimate of drug-likeness (QED) is 0.135. The number of carboxylic acid groups (broad SMARTS) is 2. The van der Waals surface area contributed by atoms with Crippen LogP contribution in [0.2, 0.25) is 0 Å². The fraction of sp³-hybridized carbons (Fsp3) is 0.300. The van der Waals surface area contributed by atoms with Crippen LogP contribution in [0.4, 0.5) is 11.6 Å². The average Bonchev–Trinajstić information content (AvgIpc) is 3.56. The van der Waals surface area contributed by atoms with Gasteiger partial charge in [-0.2, -0.15) is 0 Å². The summed E-state index contributed by atoms with van der Waals surface area (Å²) in [7, 11) is 0. The molecule has 1 aliphatic rings. The number of hydrogen-bond donors (Lipinski definition) is 5. The number of nitrogens with zero attached hydrogens (tertiary/aromatic N) is 4. The monoisotopic (exact) mass is 589 g/mol. The van der Waals surface area contributed by atoms with Crippen LogP contribution in [0.3, 0.4) is 0 Å². The van der Waals surface area contributed by atoms with E-state index in [1.54, 1.807) is 18.3 Å². The first-order chi connectivity index (χ1) is 20.7. The Kier molecular flexibility index (Phi) is 10.5. The average molecular weight is 590 g/mol. The summed E-state index contributed by atoms with van der Waals surface area (Å²) in [5.74, 6) is -0.315. The number of rotatable bonds is 10. The topological polar surface area (TPSA) is 189 Å². The molecule has 4 aromatic rings. The highest BCUT2D eigenvalue weighted by Crippen LogP contribution is 2.24. The lowest BCUT2D eigenvalue weighted by Crippen LogP contribution is -2.43. The Labute approximate surface area is 248 Å². The molecule has 0 saturated carbocycles. The fourth-order valence-electron chi connectivity index (χ4n) is 4.73. The van der Waals surface area contributed by atoms with Crippen LogP contribution in [0.25, 0.3) is 11.0 Å². The van der Waals surface area contributed by atoms with Gasteiger partial charge in [0, 0.05) is 57.0 Å². The molecule has 13 heteroatoms. The maximum atomic E-state index is 12.4. The molecule has 43 heavy (non-hydrogen) atoms. The van der Waals surface area contributed by atoms with Crippen molar-refractivity contribution < 1.29 is 29.0 Å². The van der Waals surface area contributed by atoms with Gasteiger partial charge in [0.05, 0.1) is 29.3 Å². The number of likely N-dealkylation sites (tertiary alicyclic amines) is 1. The van der Waals surface area contributed by atoms with Crippen molar-refractivity contribution in [1.82, 2.24) is 24.8 Å². The molecule has 3 heterocycles. The molecular formula is C30H35N7O6. The molecule has 1 saturated heterocycles. The van der Waals surface area contributed by atoms with Crippen molar-refractivity contribution in [3.8, 4) is 0 Å². The van der Waals surface area contributed by atoms with Gasteiger partial charge in [0.25, 0.3) is 5.91 Å². The number of aryl methyl sites for hydroxylation is 1. The number of nitrogens with two attached hydrogens (primary N) is 1. The number of aliphatic carboxylic acids is 2. The number of nitrogens with one attached hydrogen (secondary N) is 2. The number of nitrogen functional groups attached to an aromatic ring is 1. The van der Waals surface area contributed by atoms with Crippen molar-refractivity contribution in [2.45, 2.75) is 32.4 Å². The summed E-state index contributed by atoms with van der Waals surface area (Å²) in [6, 6.07) is 15.6. The van der Waals surface area contributed by atoms with Crippen molar-refractivity contribution in [1.29, 1.82) is 0 Å². The first-order valence-electron chi connectivity index (χ1n) is 13.8. The van der Waals surface area contributed by atoms with E-state index in [-0.39, 0.29) is 5.91 Å². The minimum atomic E-state index is -1.26. The van der Waals surface area contributed by atoms with Gasteiger partial charge in [-0.15, -0.1) is 0 Å². The summed E-state index contributed by atoms with van der Waals surface area (Å²) < 4.78 is 7.88. The van der Waals surface area contributed by atoms with Crippen LogP contribution in [0.1, 0.15) is 34.9 Å². The number of benzene rings is 2. The molecule has 2 aromatic heterocycles. The number of piperidine rings is 1. The van der Waals surface area contributed by atoms with Crippen LogP contribution in [-0.4, -0.2) is 79.7 Å². The van der Waals surface area contributed by atoms with Gasteiger partial charge in [0.1, 0.15) is 5.76 Å². The molecule has 5 rings (SSSR count). The summed E-state index contributed by atoms with van der Waals surface area (Å²) in [6.45, 7) is 5.76. The number of imidazole rings is 1. The molecule has 2 aromatic carbocycles. The van der Waals surface area contributed by atoms with Gasteiger partial charge < -0.3 is 40.5 Å². The number of fused-ring (bicyclic) bond motifs is 1. The predicted octanol–water partition coefficient (Wildman–Crippen LogP) is 2.98. The summed E-state index contributed by atoms with van der Waals surface area (Å²) in [6.07, 6.45) is 4.90. The second-order valence-corrected chi connectivity index (χ2v) is 9.97. The van der Waals surface area contributed by atoms with E-state index in [1.165, 1.54) is 0 Å². The molecular weight excluding hydrogens is 554 g/mol. The Morgan fingerprint density at radius 3 is 2.37 bits per heavy atom. The third-order valence-electron chi connectivity index (χ3n) is 6.85. The smallest absolute Gasteiger partial charge is 0.328 e. The molecule has 13 nitrogen and oxygen atoms in total. The predicted molar refractivity (Wildman–Crippen MR) is 161 cm³/mol. The number of anilines is 2. The molecule has 6 N–H and O–H groups in total. The van der Waals surface area contributed by atoms with Gasteiger partial charge in [0.15, 0.2) is 5.89 Å². The first kappa shape index (κ1) is 30.8. The molecule has 0 bridgehead atoms. The van der Waals surface area contributed by atoms with E-state index in [2.05, 4.69) is 31.2 Å². The van der Waals surface area contributed by atoms with Gasteiger partial charge in [-0.05, 0) is 37.1 Å². The number of hydrogen-bond acceptors (Lipinski definition) is 9. The summed E-state index contributed by atoms with van der Waals surface area (Å²) in [5, 5.41) is 22.3. The van der Waals surface area contributed by atoms with Crippen molar-refractivity contribution in [3.63, 3.8) is 0 Å². The van der Waals surface area contributed by atoms with E-state index in [0.29, 0.717) is 48.4 Å². The molecule has 1 fully saturated rings. The van der Waals surface area contributed by atoms with Gasteiger partial charge in [-0.25, -0.2) is 19.6 Å². The lowest BCUT2D eigenvalue weighted by Gasteiger charge is -2.32. The van der Waals surface area contributed by atoms with Crippen LogP contribution in [0.5, 0.6) is 0 Å². The van der Waals surface area contributed by atoms with Crippen LogP contribution in [-0.2, 0) is 16.1 Å². The van der Waals surface area contributed by atoms with Crippen LogP contribution < -0.4 is 16.4 Å². The van der Waals surface area contributed by atoms with E-state index in [4.69, 9.17) is 25.3 Å². The van der Waals surface area contributed by atoms with E-state index in [0.717, 1.165) is 55.2 Å². The van der Waals surface area contributed by atoms with Gasteiger partial charge in [0.2, 0.25) is 5.95 Å². The second-order valence-electron chi connectivity index (χ2n) is 9.97. The molecule has 226 valence electrons. The lowest BCUT2D eigenvalue weighted by atomic mass is 10.1. The molecule has 1 amide bonds. The summed E-state index contributed by atoms with van der Waals surface area (Å²) in [4.78, 5) is 42.9. The molecule has 1 aliphatic heterocycles. The van der Waals surface area contributed by atoms with Crippen LogP contribution >= 0.6 is 0 Å². The van der Waals surface area contributed by atoms with E-state index in [9.17, 15) is 14.4 Å². The maximum absolute atomic E-state index is 12.4. The van der Waals surface area contributed by atoms with Gasteiger partial charge in [-0.3, -0.25) is 4.79 Å². The van der Waals surface area contributed by atoms with Crippen LogP contribution in [0, 0.1) is 6.92 Å². The third-order valence-corrected chi connectivity index (χ3v) is 6.85. The lowest BCUT2D eigenvalue weighted by molar-refractivity contribution is -0.134. The molecule has 0 aliphatic carbocycles. The van der Waals surface area contributed by atoms with Crippen molar-refractivity contribution in [2.75, 3.05) is 37.2 Å². The summed E-state index contributed by atoms with van der Waals surface area (Å²) in [5.41, 5.74) is 8.95. The minimum absolute atomic E-state index is 0.125. The Hall–Kier alpha value is -5.17. The normalized spacial score (nSPS) is 13.9.